The van der Waals surface area contributed by atoms with Crippen molar-refractivity contribution in [3.8, 4) is 0 Å². The smallest absolute Gasteiger partial charge is 0.255 e. The molecule has 1 aliphatic carbocycles. The number of benzene rings is 1. The van der Waals surface area contributed by atoms with Gasteiger partial charge in [-0.25, -0.2) is 0 Å². The third-order valence-electron chi connectivity index (χ3n) is 7.30. The summed E-state index contributed by atoms with van der Waals surface area (Å²) < 4.78 is 0. The second-order valence-electron chi connectivity index (χ2n) is 9.13. The van der Waals surface area contributed by atoms with E-state index in [0.29, 0.717) is 13.0 Å². The van der Waals surface area contributed by atoms with E-state index in [1.54, 1.807) is 4.90 Å². The van der Waals surface area contributed by atoms with Gasteiger partial charge in [-0.15, -0.1) is 0 Å². The molecule has 29 heavy (non-hydrogen) atoms. The molecule has 2 saturated heterocycles. The first kappa shape index (κ1) is 18.8. The molecule has 1 aromatic rings. The molecule has 0 aromatic heterocycles. The van der Waals surface area contributed by atoms with Gasteiger partial charge in [-0.1, -0.05) is 31.0 Å². The first-order valence-electron chi connectivity index (χ1n) is 10.7. The zero-order chi connectivity index (χ0) is 20.2. The van der Waals surface area contributed by atoms with Crippen molar-refractivity contribution < 1.29 is 14.4 Å². The molecule has 2 atom stereocenters. The van der Waals surface area contributed by atoms with Gasteiger partial charge in [0.05, 0.1) is 0 Å². The van der Waals surface area contributed by atoms with Crippen molar-refractivity contribution in [2.75, 3.05) is 6.54 Å². The first-order chi connectivity index (χ1) is 14.0. The Balaban J connectivity index is 1.40. The fourth-order valence-electron chi connectivity index (χ4n) is 5.97. The molecule has 3 aliphatic heterocycles. The van der Waals surface area contributed by atoms with Gasteiger partial charge in [0.1, 0.15) is 6.04 Å². The molecular weight excluding hydrogens is 368 g/mol. The fourth-order valence-corrected chi connectivity index (χ4v) is 5.97. The number of carbonyl (C=O) groups excluding carboxylic acids is 3. The van der Waals surface area contributed by atoms with Crippen molar-refractivity contribution in [1.82, 2.24) is 15.1 Å². The molecule has 3 fully saturated rings. The molecule has 3 heterocycles. The van der Waals surface area contributed by atoms with Gasteiger partial charge in [-0.2, -0.15) is 0 Å². The average molecular weight is 396 g/mol. The molecule has 0 bridgehead atoms. The van der Waals surface area contributed by atoms with Crippen LogP contribution in [0.25, 0.3) is 0 Å². The van der Waals surface area contributed by atoms with Crippen molar-refractivity contribution in [3.05, 3.63) is 34.9 Å². The van der Waals surface area contributed by atoms with Gasteiger partial charge in [-0.05, 0) is 36.8 Å². The number of imide groups is 1. The van der Waals surface area contributed by atoms with Gasteiger partial charge >= 0.3 is 0 Å². The van der Waals surface area contributed by atoms with Crippen molar-refractivity contribution in [3.63, 3.8) is 0 Å². The molecule has 154 valence electrons. The number of fused-ring (bicyclic) bond motifs is 1. The first-order valence-corrected chi connectivity index (χ1v) is 10.7. The molecule has 7 nitrogen and oxygen atoms in total. The molecule has 1 spiro atoms. The second kappa shape index (κ2) is 6.92. The van der Waals surface area contributed by atoms with Crippen LogP contribution in [0.4, 0.5) is 0 Å². The van der Waals surface area contributed by atoms with Crippen LogP contribution >= 0.6 is 0 Å². The van der Waals surface area contributed by atoms with E-state index in [9.17, 15) is 14.4 Å². The largest absolute Gasteiger partial charge is 0.326 e. The SMILES string of the molecule is NC1CN(Cc2cccc3c2C(=O)N(C2CCC(=O)NC2=O)C3)C2(CCCC2)C1. The Labute approximate surface area is 170 Å². The highest BCUT2D eigenvalue weighted by Crippen LogP contribution is 2.44. The molecule has 4 aliphatic rings. The summed E-state index contributed by atoms with van der Waals surface area (Å²) in [5.41, 5.74) is 9.26. The zero-order valence-corrected chi connectivity index (χ0v) is 16.7. The normalized spacial score (nSPS) is 29.0. The third-order valence-corrected chi connectivity index (χ3v) is 7.30. The van der Waals surface area contributed by atoms with Crippen molar-refractivity contribution >= 4 is 17.7 Å². The summed E-state index contributed by atoms with van der Waals surface area (Å²) >= 11 is 0. The van der Waals surface area contributed by atoms with Crippen LogP contribution in [0.1, 0.15) is 66.4 Å². The highest BCUT2D eigenvalue weighted by Gasteiger charge is 2.47. The van der Waals surface area contributed by atoms with Gasteiger partial charge in [0.2, 0.25) is 11.8 Å². The van der Waals surface area contributed by atoms with E-state index >= 15 is 0 Å². The van der Waals surface area contributed by atoms with Crippen LogP contribution in [-0.2, 0) is 22.7 Å². The van der Waals surface area contributed by atoms with E-state index in [2.05, 4.69) is 10.2 Å². The molecule has 2 unspecified atom stereocenters. The van der Waals surface area contributed by atoms with Gasteiger partial charge in [0, 0.05) is 43.2 Å². The van der Waals surface area contributed by atoms with E-state index in [0.717, 1.165) is 36.2 Å². The maximum absolute atomic E-state index is 13.3. The Kier molecular flexibility index (Phi) is 4.47. The average Bonchev–Trinajstić information content (AvgIpc) is 3.35. The highest BCUT2D eigenvalue weighted by atomic mass is 16.2. The van der Waals surface area contributed by atoms with Gasteiger partial charge in [0.15, 0.2) is 0 Å². The number of piperidine rings is 1. The third kappa shape index (κ3) is 3.07. The summed E-state index contributed by atoms with van der Waals surface area (Å²) in [4.78, 5) is 41.2. The minimum atomic E-state index is -0.568. The topological polar surface area (TPSA) is 95.7 Å². The Bertz CT molecular complexity index is 877. The lowest BCUT2D eigenvalue weighted by Crippen LogP contribution is -2.52. The maximum Gasteiger partial charge on any atom is 0.255 e. The summed E-state index contributed by atoms with van der Waals surface area (Å²) in [5, 5.41) is 2.37. The number of rotatable bonds is 3. The predicted molar refractivity (Wildman–Crippen MR) is 107 cm³/mol. The zero-order valence-electron chi connectivity index (χ0n) is 16.7. The van der Waals surface area contributed by atoms with Crippen LogP contribution in [0.5, 0.6) is 0 Å². The van der Waals surface area contributed by atoms with Crippen LogP contribution in [0.2, 0.25) is 0 Å². The molecule has 3 N–H and O–H groups in total. The summed E-state index contributed by atoms with van der Waals surface area (Å²) in [7, 11) is 0. The number of carbonyl (C=O) groups is 3. The summed E-state index contributed by atoms with van der Waals surface area (Å²) in [5.74, 6) is -0.711. The molecule has 0 radical (unpaired) electrons. The van der Waals surface area contributed by atoms with Gasteiger partial charge in [0.25, 0.3) is 5.91 Å². The summed E-state index contributed by atoms with van der Waals surface area (Å²) in [6, 6.07) is 5.65. The molecule has 7 heteroatoms. The second-order valence-corrected chi connectivity index (χ2v) is 9.13. The standard InChI is InChI=1S/C22H28N4O3/c23-16-10-22(8-1-2-9-22)25(13-16)11-14-4-3-5-15-12-26(21(29)19(14)15)17-6-7-18(27)24-20(17)28/h3-5,16-17H,1-2,6-13,23H2,(H,24,27,28). The number of hydrogen-bond donors (Lipinski definition) is 2. The van der Waals surface area contributed by atoms with E-state index < -0.39 is 6.04 Å². The molecule has 3 amide bonds. The predicted octanol–water partition coefficient (Wildman–Crippen LogP) is 1.29. The number of likely N-dealkylation sites (tertiary alicyclic amines) is 1. The van der Waals surface area contributed by atoms with E-state index in [-0.39, 0.29) is 35.7 Å². The Morgan fingerprint density at radius 3 is 2.72 bits per heavy atom. The number of nitrogens with one attached hydrogen (secondary N) is 1. The Hall–Kier alpha value is -2.25. The van der Waals surface area contributed by atoms with Crippen molar-refractivity contribution in [1.29, 1.82) is 0 Å². The lowest BCUT2D eigenvalue weighted by Gasteiger charge is -2.35. The fraction of sp³-hybridized carbons (Fsp3) is 0.591. The number of nitrogens with two attached hydrogens (primary N) is 1. The molecule has 5 rings (SSSR count). The van der Waals surface area contributed by atoms with Crippen molar-refractivity contribution in [2.45, 2.75) is 75.7 Å². The van der Waals surface area contributed by atoms with Gasteiger partial charge < -0.3 is 10.6 Å². The lowest BCUT2D eigenvalue weighted by molar-refractivity contribution is -0.136. The molecular formula is C22H28N4O3. The highest BCUT2D eigenvalue weighted by molar-refractivity contribution is 6.06. The van der Waals surface area contributed by atoms with Crippen LogP contribution in [-0.4, -0.2) is 51.7 Å². The Morgan fingerprint density at radius 1 is 1.17 bits per heavy atom. The van der Waals surface area contributed by atoms with Crippen LogP contribution in [0.3, 0.4) is 0 Å². The van der Waals surface area contributed by atoms with Gasteiger partial charge in [-0.3, -0.25) is 24.6 Å². The summed E-state index contributed by atoms with van der Waals surface area (Å²) in [6.45, 7) is 2.03. The Morgan fingerprint density at radius 2 is 1.97 bits per heavy atom. The molecule has 1 aromatic carbocycles. The quantitative estimate of drug-likeness (QED) is 0.751. The van der Waals surface area contributed by atoms with E-state index in [4.69, 9.17) is 5.73 Å². The monoisotopic (exact) mass is 396 g/mol. The van der Waals surface area contributed by atoms with Crippen LogP contribution < -0.4 is 11.1 Å². The number of nitrogens with zero attached hydrogens (tertiary/aromatic N) is 2. The summed E-state index contributed by atoms with van der Waals surface area (Å²) in [6.07, 6.45) is 6.58. The maximum atomic E-state index is 13.3. The minimum absolute atomic E-state index is 0.0888. The molecule has 1 saturated carbocycles. The van der Waals surface area contributed by atoms with E-state index in [1.807, 2.05) is 18.2 Å². The minimum Gasteiger partial charge on any atom is -0.326 e. The van der Waals surface area contributed by atoms with Crippen molar-refractivity contribution in [2.24, 2.45) is 5.73 Å². The van der Waals surface area contributed by atoms with E-state index in [1.165, 1.54) is 25.7 Å². The number of amides is 3. The lowest BCUT2D eigenvalue weighted by atomic mass is 9.92. The van der Waals surface area contributed by atoms with Crippen LogP contribution in [0.15, 0.2) is 18.2 Å². The number of hydrogen-bond acceptors (Lipinski definition) is 5. The van der Waals surface area contributed by atoms with Crippen LogP contribution in [0, 0.1) is 0 Å².